The molecule has 2 aromatic rings. The predicted octanol–water partition coefficient (Wildman–Crippen LogP) is 4.09. The van der Waals surface area contributed by atoms with Crippen LogP contribution in [0, 0.1) is 0 Å². The highest BCUT2D eigenvalue weighted by Crippen LogP contribution is 2.20. The van der Waals surface area contributed by atoms with Crippen LogP contribution in [0.4, 0.5) is 11.5 Å². The van der Waals surface area contributed by atoms with E-state index in [1.54, 1.807) is 12.3 Å². The molecule has 1 aromatic carbocycles. The Morgan fingerprint density at radius 3 is 2.81 bits per heavy atom. The minimum Gasteiger partial charge on any atom is -0.370 e. The molecule has 2 N–H and O–H groups in total. The molecule has 1 heterocycles. The molecule has 1 amide bonds. The van der Waals surface area contributed by atoms with Crippen molar-refractivity contribution in [2.24, 2.45) is 0 Å². The molecule has 0 saturated carbocycles. The van der Waals surface area contributed by atoms with E-state index in [1.807, 2.05) is 31.2 Å². The molecule has 0 aliphatic heterocycles. The van der Waals surface area contributed by atoms with Crippen LogP contribution >= 0.6 is 15.9 Å². The van der Waals surface area contributed by atoms with Crippen molar-refractivity contribution in [3.05, 3.63) is 52.1 Å². The molecule has 0 radical (unpaired) electrons. The van der Waals surface area contributed by atoms with Crippen molar-refractivity contribution < 1.29 is 4.79 Å². The van der Waals surface area contributed by atoms with Crippen LogP contribution in [0.2, 0.25) is 0 Å². The summed E-state index contributed by atoms with van der Waals surface area (Å²) in [4.78, 5) is 16.7. The summed E-state index contributed by atoms with van der Waals surface area (Å²) in [6, 6.07) is 9.62. The molecule has 4 nitrogen and oxygen atoms in total. The Morgan fingerprint density at radius 2 is 2.10 bits per heavy atom. The van der Waals surface area contributed by atoms with Gasteiger partial charge in [0.05, 0.1) is 5.56 Å². The molecule has 21 heavy (non-hydrogen) atoms. The van der Waals surface area contributed by atoms with Crippen molar-refractivity contribution >= 4 is 33.3 Å². The number of anilines is 2. The lowest BCUT2D eigenvalue weighted by Crippen LogP contribution is -2.16. The average molecular weight is 348 g/mol. The Balaban J connectivity index is 2.25. The lowest BCUT2D eigenvalue weighted by Gasteiger charge is -2.11. The largest absolute Gasteiger partial charge is 0.370 e. The number of hydrogen-bond acceptors (Lipinski definition) is 3. The number of aryl methyl sites for hydroxylation is 1. The average Bonchev–Trinajstić information content (AvgIpc) is 2.49. The van der Waals surface area contributed by atoms with Gasteiger partial charge in [-0.3, -0.25) is 4.79 Å². The number of pyridine rings is 1. The van der Waals surface area contributed by atoms with Crippen LogP contribution < -0.4 is 10.6 Å². The maximum Gasteiger partial charge on any atom is 0.259 e. The first-order chi connectivity index (χ1) is 10.1. The second kappa shape index (κ2) is 7.22. The molecule has 0 spiro atoms. The van der Waals surface area contributed by atoms with E-state index < -0.39 is 0 Å². The van der Waals surface area contributed by atoms with Gasteiger partial charge in [0.25, 0.3) is 5.91 Å². The molecule has 0 fully saturated rings. The summed E-state index contributed by atoms with van der Waals surface area (Å²) < 4.78 is 0.775. The van der Waals surface area contributed by atoms with Crippen LogP contribution in [0.15, 0.2) is 41.0 Å². The summed E-state index contributed by atoms with van der Waals surface area (Å²) in [6.45, 7) is 4.76. The zero-order chi connectivity index (χ0) is 15.2. The van der Waals surface area contributed by atoms with Gasteiger partial charge in [0, 0.05) is 22.9 Å². The molecule has 5 heteroatoms. The van der Waals surface area contributed by atoms with Crippen molar-refractivity contribution in [1.82, 2.24) is 4.98 Å². The van der Waals surface area contributed by atoms with E-state index in [4.69, 9.17) is 0 Å². The lowest BCUT2D eigenvalue weighted by molar-refractivity contribution is 0.102. The smallest absolute Gasteiger partial charge is 0.259 e. The van der Waals surface area contributed by atoms with Gasteiger partial charge in [0.15, 0.2) is 0 Å². The fourth-order valence-corrected chi connectivity index (χ4v) is 2.32. The molecule has 0 aliphatic carbocycles. The highest BCUT2D eigenvalue weighted by Gasteiger charge is 2.13. The quantitative estimate of drug-likeness (QED) is 0.856. The van der Waals surface area contributed by atoms with Gasteiger partial charge in [-0.05, 0) is 53.0 Å². The van der Waals surface area contributed by atoms with Crippen LogP contribution in [-0.2, 0) is 6.42 Å². The van der Waals surface area contributed by atoms with Gasteiger partial charge < -0.3 is 10.6 Å². The number of carbonyl (C=O) groups is 1. The van der Waals surface area contributed by atoms with Gasteiger partial charge in [0.2, 0.25) is 0 Å². The van der Waals surface area contributed by atoms with Crippen molar-refractivity contribution in [2.75, 3.05) is 17.2 Å². The number of amides is 1. The molecule has 0 aliphatic rings. The van der Waals surface area contributed by atoms with E-state index >= 15 is 0 Å². The molecule has 0 bridgehead atoms. The third-order valence-corrected chi connectivity index (χ3v) is 3.47. The molecule has 0 saturated heterocycles. The highest BCUT2D eigenvalue weighted by atomic mass is 79.9. The predicted molar refractivity (Wildman–Crippen MR) is 89.9 cm³/mol. The third kappa shape index (κ3) is 4.04. The topological polar surface area (TPSA) is 54.0 Å². The molecular weight excluding hydrogens is 330 g/mol. The van der Waals surface area contributed by atoms with Gasteiger partial charge in [-0.2, -0.15) is 0 Å². The molecule has 110 valence electrons. The maximum atomic E-state index is 12.4. The van der Waals surface area contributed by atoms with E-state index in [9.17, 15) is 4.79 Å². The van der Waals surface area contributed by atoms with Crippen LogP contribution in [0.1, 0.15) is 29.8 Å². The fourth-order valence-electron chi connectivity index (χ4n) is 1.99. The maximum absolute atomic E-state index is 12.4. The number of rotatable bonds is 5. The highest BCUT2D eigenvalue weighted by molar-refractivity contribution is 9.10. The molecule has 0 atom stereocenters. The van der Waals surface area contributed by atoms with Crippen molar-refractivity contribution in [1.29, 1.82) is 0 Å². The normalized spacial score (nSPS) is 10.2. The summed E-state index contributed by atoms with van der Waals surface area (Å²) >= 11 is 3.35. The Kier molecular flexibility index (Phi) is 5.33. The summed E-state index contributed by atoms with van der Waals surface area (Å²) in [6.07, 6.45) is 2.61. The van der Waals surface area contributed by atoms with Crippen molar-refractivity contribution in [2.45, 2.75) is 20.3 Å². The van der Waals surface area contributed by atoms with E-state index in [-0.39, 0.29) is 5.91 Å². The number of halogens is 1. The first-order valence-corrected chi connectivity index (χ1v) is 7.73. The second-order valence-electron chi connectivity index (χ2n) is 4.59. The summed E-state index contributed by atoms with van der Waals surface area (Å²) in [7, 11) is 0. The number of nitrogens with one attached hydrogen (secondary N) is 2. The molecule has 0 unspecified atom stereocenters. The standard InChI is InChI=1S/C16H18BrN3O/c1-3-11-6-5-7-13(8-11)20-16(21)14-9-12(17)10-19-15(14)18-4-2/h5-10H,3-4H2,1-2H3,(H,18,19)(H,20,21). The number of hydrogen-bond donors (Lipinski definition) is 2. The van der Waals surface area contributed by atoms with Gasteiger partial charge >= 0.3 is 0 Å². The summed E-state index contributed by atoms with van der Waals surface area (Å²) in [5.41, 5.74) is 2.50. The van der Waals surface area contributed by atoms with E-state index in [0.29, 0.717) is 17.9 Å². The Morgan fingerprint density at radius 1 is 1.29 bits per heavy atom. The van der Waals surface area contributed by atoms with Crippen LogP contribution in [0.25, 0.3) is 0 Å². The number of benzene rings is 1. The zero-order valence-corrected chi connectivity index (χ0v) is 13.7. The van der Waals surface area contributed by atoms with Crippen LogP contribution in [0.5, 0.6) is 0 Å². The van der Waals surface area contributed by atoms with Gasteiger partial charge in [-0.1, -0.05) is 19.1 Å². The number of carbonyl (C=O) groups excluding carboxylic acids is 1. The Hall–Kier alpha value is -1.88. The number of nitrogens with zero attached hydrogens (tertiary/aromatic N) is 1. The van der Waals surface area contributed by atoms with Crippen LogP contribution in [0.3, 0.4) is 0 Å². The van der Waals surface area contributed by atoms with Crippen molar-refractivity contribution in [3.63, 3.8) is 0 Å². The minimum absolute atomic E-state index is 0.173. The molecular formula is C16H18BrN3O. The SMILES string of the molecule is CCNc1ncc(Br)cc1C(=O)Nc1cccc(CC)c1. The van der Waals surface area contributed by atoms with Gasteiger partial charge in [-0.15, -0.1) is 0 Å². The first kappa shape index (κ1) is 15.5. The number of aromatic nitrogens is 1. The summed E-state index contributed by atoms with van der Waals surface area (Å²) in [5, 5.41) is 6.02. The third-order valence-electron chi connectivity index (χ3n) is 3.04. The van der Waals surface area contributed by atoms with E-state index in [0.717, 1.165) is 16.6 Å². The van der Waals surface area contributed by atoms with E-state index in [2.05, 4.69) is 38.5 Å². The lowest BCUT2D eigenvalue weighted by atomic mass is 10.1. The Bertz CT molecular complexity index is 643. The monoisotopic (exact) mass is 347 g/mol. The minimum atomic E-state index is -0.173. The van der Waals surface area contributed by atoms with Gasteiger partial charge in [0.1, 0.15) is 5.82 Å². The molecule has 1 aromatic heterocycles. The van der Waals surface area contributed by atoms with Crippen LogP contribution in [-0.4, -0.2) is 17.4 Å². The Labute approximate surface area is 133 Å². The fraction of sp³-hybridized carbons (Fsp3) is 0.250. The summed E-state index contributed by atoms with van der Waals surface area (Å²) in [5.74, 6) is 0.415. The zero-order valence-electron chi connectivity index (χ0n) is 12.1. The van der Waals surface area contributed by atoms with Gasteiger partial charge in [-0.25, -0.2) is 4.98 Å². The first-order valence-electron chi connectivity index (χ1n) is 6.93. The second-order valence-corrected chi connectivity index (χ2v) is 5.50. The van der Waals surface area contributed by atoms with Crippen molar-refractivity contribution in [3.8, 4) is 0 Å². The molecule has 2 rings (SSSR count). The van der Waals surface area contributed by atoms with E-state index in [1.165, 1.54) is 5.56 Å².